The summed E-state index contributed by atoms with van der Waals surface area (Å²) in [4.78, 5) is 0. The minimum atomic E-state index is -0.304. The average molecular weight is 541 g/mol. The third-order valence-electron chi connectivity index (χ3n) is 9.74. The van der Waals surface area contributed by atoms with Gasteiger partial charge in [0.15, 0.2) is 0 Å². The molecule has 0 radical (unpaired) electrons. The number of benzene rings is 1. The van der Waals surface area contributed by atoms with Crippen molar-refractivity contribution in [2.45, 2.75) is 182 Å². The van der Waals surface area contributed by atoms with E-state index in [0.29, 0.717) is 0 Å². The molecule has 2 unspecified atom stereocenters. The zero-order valence-corrected chi connectivity index (χ0v) is 27.5. The lowest BCUT2D eigenvalue weighted by atomic mass is 9.75. The maximum atomic E-state index is 6.52. The summed E-state index contributed by atoms with van der Waals surface area (Å²) in [5, 5.41) is 0. The van der Waals surface area contributed by atoms with Crippen molar-refractivity contribution in [3.05, 3.63) is 29.3 Å². The van der Waals surface area contributed by atoms with E-state index >= 15 is 0 Å². The SMILES string of the molecule is CCCCCCCCC(CC)Cc1cc(CC(CC)CCCCCCCC)cc(B2OC(C)(C)C(C)(C)O2)c1. The number of hydrogen-bond donors (Lipinski definition) is 0. The quantitative estimate of drug-likeness (QED) is 0.114. The van der Waals surface area contributed by atoms with E-state index < -0.39 is 0 Å². The Morgan fingerprint density at radius 2 is 0.949 bits per heavy atom. The Labute approximate surface area is 244 Å². The van der Waals surface area contributed by atoms with Crippen LogP contribution >= 0.6 is 0 Å². The van der Waals surface area contributed by atoms with Crippen LogP contribution in [0.4, 0.5) is 0 Å². The van der Waals surface area contributed by atoms with Crippen molar-refractivity contribution >= 4 is 12.6 Å². The second kappa shape index (κ2) is 17.9. The van der Waals surface area contributed by atoms with Crippen LogP contribution in [0.25, 0.3) is 0 Å². The van der Waals surface area contributed by atoms with Gasteiger partial charge < -0.3 is 9.31 Å². The van der Waals surface area contributed by atoms with Crippen LogP contribution in [0.3, 0.4) is 0 Å². The highest BCUT2D eigenvalue weighted by Gasteiger charge is 2.51. The monoisotopic (exact) mass is 541 g/mol. The van der Waals surface area contributed by atoms with E-state index in [1.165, 1.54) is 132 Å². The smallest absolute Gasteiger partial charge is 0.399 e. The van der Waals surface area contributed by atoms with Crippen LogP contribution in [-0.2, 0) is 22.2 Å². The molecule has 0 N–H and O–H groups in total. The molecule has 0 bridgehead atoms. The normalized spacial score (nSPS) is 18.0. The number of hydrogen-bond acceptors (Lipinski definition) is 2. The number of rotatable bonds is 21. The summed E-state index contributed by atoms with van der Waals surface area (Å²) in [6.45, 7) is 18.0. The molecule has 3 heteroatoms. The Balaban J connectivity index is 2.12. The number of unbranched alkanes of at least 4 members (excludes halogenated alkanes) is 10. The molecule has 224 valence electrons. The fraction of sp³-hybridized carbons (Fsp3) is 0.833. The molecule has 39 heavy (non-hydrogen) atoms. The fourth-order valence-electron chi connectivity index (χ4n) is 6.14. The van der Waals surface area contributed by atoms with Gasteiger partial charge in [0.2, 0.25) is 0 Å². The first kappa shape index (κ1) is 34.4. The molecule has 1 heterocycles. The molecule has 0 amide bonds. The van der Waals surface area contributed by atoms with Gasteiger partial charge in [-0.15, -0.1) is 0 Å². The molecule has 0 saturated carbocycles. The lowest BCUT2D eigenvalue weighted by molar-refractivity contribution is 0.00578. The minimum Gasteiger partial charge on any atom is -0.399 e. The predicted octanol–water partition coefficient (Wildman–Crippen LogP) is 10.6. The lowest BCUT2D eigenvalue weighted by Crippen LogP contribution is -2.41. The van der Waals surface area contributed by atoms with E-state index in [2.05, 4.69) is 73.6 Å². The van der Waals surface area contributed by atoms with Crippen LogP contribution in [0.5, 0.6) is 0 Å². The molecule has 1 aliphatic rings. The molecule has 0 spiro atoms. The van der Waals surface area contributed by atoms with E-state index in [1.807, 2.05) is 0 Å². The molecule has 2 nitrogen and oxygen atoms in total. The van der Waals surface area contributed by atoms with Gasteiger partial charge in [-0.25, -0.2) is 0 Å². The Bertz CT molecular complexity index is 726. The molecule has 1 aliphatic heterocycles. The summed E-state index contributed by atoms with van der Waals surface area (Å²) < 4.78 is 13.0. The van der Waals surface area contributed by atoms with Gasteiger partial charge in [0.1, 0.15) is 0 Å². The second-order valence-corrected chi connectivity index (χ2v) is 13.7. The van der Waals surface area contributed by atoms with Crippen molar-refractivity contribution in [1.82, 2.24) is 0 Å². The molecule has 1 aromatic rings. The minimum absolute atomic E-state index is 0.272. The van der Waals surface area contributed by atoms with E-state index in [9.17, 15) is 0 Å². The van der Waals surface area contributed by atoms with Crippen molar-refractivity contribution in [2.75, 3.05) is 0 Å². The van der Waals surface area contributed by atoms with Crippen LogP contribution in [-0.4, -0.2) is 18.3 Å². The molecule has 1 fully saturated rings. The Hall–Kier alpha value is -0.795. The van der Waals surface area contributed by atoms with Crippen molar-refractivity contribution in [2.24, 2.45) is 11.8 Å². The third-order valence-corrected chi connectivity index (χ3v) is 9.74. The molecule has 1 aromatic carbocycles. The van der Waals surface area contributed by atoms with Gasteiger partial charge >= 0.3 is 7.12 Å². The Morgan fingerprint density at radius 3 is 1.33 bits per heavy atom. The van der Waals surface area contributed by atoms with Gasteiger partial charge in [0.05, 0.1) is 11.2 Å². The molecule has 0 aromatic heterocycles. The molecular weight excluding hydrogens is 475 g/mol. The maximum absolute atomic E-state index is 6.52. The highest BCUT2D eigenvalue weighted by molar-refractivity contribution is 6.62. The average Bonchev–Trinajstić information content (AvgIpc) is 3.13. The van der Waals surface area contributed by atoms with Gasteiger partial charge in [0, 0.05) is 0 Å². The standard InChI is InChI=1S/C36H65BO2/c1-9-13-15-17-19-21-23-30(11-3)25-32-27-33(26-31(12-4)24-22-20-18-16-14-10-2)29-34(28-32)37-38-35(5,6)36(7,8)39-37/h27-31H,9-26H2,1-8H3. The Kier molecular flexibility index (Phi) is 15.8. The van der Waals surface area contributed by atoms with Crippen molar-refractivity contribution in [3.63, 3.8) is 0 Å². The van der Waals surface area contributed by atoms with Crippen molar-refractivity contribution < 1.29 is 9.31 Å². The van der Waals surface area contributed by atoms with Crippen molar-refractivity contribution in [3.8, 4) is 0 Å². The lowest BCUT2D eigenvalue weighted by Gasteiger charge is -2.32. The van der Waals surface area contributed by atoms with Crippen LogP contribution in [0.2, 0.25) is 0 Å². The molecular formula is C36H65BO2. The van der Waals surface area contributed by atoms with Crippen LogP contribution in [0, 0.1) is 11.8 Å². The van der Waals surface area contributed by atoms with Crippen LogP contribution in [0.1, 0.15) is 169 Å². The predicted molar refractivity (Wildman–Crippen MR) is 173 cm³/mol. The molecule has 2 atom stereocenters. The largest absolute Gasteiger partial charge is 0.494 e. The van der Waals surface area contributed by atoms with E-state index in [-0.39, 0.29) is 18.3 Å². The first-order valence-corrected chi connectivity index (χ1v) is 17.1. The van der Waals surface area contributed by atoms with E-state index in [1.54, 1.807) is 0 Å². The summed E-state index contributed by atoms with van der Waals surface area (Å²) in [6.07, 6.45) is 24.2. The van der Waals surface area contributed by atoms with Crippen molar-refractivity contribution in [1.29, 1.82) is 0 Å². The van der Waals surface area contributed by atoms with Gasteiger partial charge in [-0.1, -0.05) is 149 Å². The zero-order chi connectivity index (χ0) is 28.7. The highest BCUT2D eigenvalue weighted by atomic mass is 16.7. The molecule has 2 rings (SSSR count). The molecule has 1 saturated heterocycles. The summed E-state index contributed by atoms with van der Waals surface area (Å²) in [6, 6.07) is 7.34. The van der Waals surface area contributed by atoms with Gasteiger partial charge in [-0.2, -0.15) is 0 Å². The summed E-state index contributed by atoms with van der Waals surface area (Å²) in [5.74, 6) is 1.53. The van der Waals surface area contributed by atoms with Crippen LogP contribution < -0.4 is 5.46 Å². The van der Waals surface area contributed by atoms with Crippen LogP contribution in [0.15, 0.2) is 18.2 Å². The zero-order valence-electron chi connectivity index (χ0n) is 27.5. The van der Waals surface area contributed by atoms with E-state index in [0.717, 1.165) is 11.8 Å². The van der Waals surface area contributed by atoms with Gasteiger partial charge in [-0.3, -0.25) is 0 Å². The maximum Gasteiger partial charge on any atom is 0.494 e. The van der Waals surface area contributed by atoms with Gasteiger partial charge in [-0.05, 0) is 69.0 Å². The highest BCUT2D eigenvalue weighted by Crippen LogP contribution is 2.37. The fourth-order valence-corrected chi connectivity index (χ4v) is 6.14. The first-order chi connectivity index (χ1) is 18.7. The van der Waals surface area contributed by atoms with E-state index in [4.69, 9.17) is 9.31 Å². The summed E-state index contributed by atoms with van der Waals surface area (Å²) in [7, 11) is -0.272. The summed E-state index contributed by atoms with van der Waals surface area (Å²) >= 11 is 0. The third kappa shape index (κ3) is 11.9. The summed E-state index contributed by atoms with van der Waals surface area (Å²) in [5.41, 5.74) is 3.60. The topological polar surface area (TPSA) is 18.5 Å². The second-order valence-electron chi connectivity index (χ2n) is 13.7. The molecule has 0 aliphatic carbocycles. The first-order valence-electron chi connectivity index (χ1n) is 17.1. The Morgan fingerprint density at radius 1 is 0.564 bits per heavy atom. The van der Waals surface area contributed by atoms with Gasteiger partial charge in [0.25, 0.3) is 0 Å².